The molecule has 0 fully saturated rings. The fraction of sp³-hybridized carbons (Fsp3) is 0.167. The number of oxazole rings is 1. The normalized spacial score (nSPS) is 12.0. The van der Waals surface area contributed by atoms with Crippen molar-refractivity contribution in [2.75, 3.05) is 5.32 Å². The van der Waals surface area contributed by atoms with E-state index in [1.165, 1.54) is 0 Å². The summed E-state index contributed by atoms with van der Waals surface area (Å²) >= 11 is 0. The molecule has 5 rings (SSSR count). The van der Waals surface area contributed by atoms with Crippen LogP contribution in [-0.4, -0.2) is 23.0 Å². The van der Waals surface area contributed by atoms with Crippen molar-refractivity contribution in [2.24, 2.45) is 0 Å². The van der Waals surface area contributed by atoms with Crippen molar-refractivity contribution in [3.8, 4) is 11.5 Å². The summed E-state index contributed by atoms with van der Waals surface area (Å²) in [5.41, 5.74) is 5.19. The number of aryl methyl sites for hydroxylation is 1. The number of fused-ring (bicyclic) bond motifs is 2. The molecule has 0 bridgehead atoms. The summed E-state index contributed by atoms with van der Waals surface area (Å²) in [6.45, 7) is 5.74. The lowest BCUT2D eigenvalue weighted by atomic mass is 9.99. The van der Waals surface area contributed by atoms with Crippen molar-refractivity contribution in [2.45, 2.75) is 33.3 Å². The summed E-state index contributed by atoms with van der Waals surface area (Å²) in [6, 6.07) is 24.3. The highest BCUT2D eigenvalue weighted by Gasteiger charge is 2.25. The van der Waals surface area contributed by atoms with Gasteiger partial charge in [-0.1, -0.05) is 55.5 Å². The first-order chi connectivity index (χ1) is 17.5. The Kier molecular flexibility index (Phi) is 6.25. The molecule has 180 valence electrons. The minimum Gasteiger partial charge on any atom is -0.449 e. The molecule has 1 aromatic heterocycles. The Hall–Kier alpha value is -4.45. The van der Waals surface area contributed by atoms with Gasteiger partial charge in [0.1, 0.15) is 5.52 Å². The molecular formula is C30H26N2O4. The lowest BCUT2D eigenvalue weighted by molar-refractivity contribution is -0.124. The van der Waals surface area contributed by atoms with Gasteiger partial charge < -0.3 is 14.5 Å². The molecule has 0 aliphatic carbocycles. The van der Waals surface area contributed by atoms with Gasteiger partial charge in [0.15, 0.2) is 11.7 Å². The molecule has 5 aromatic rings. The lowest BCUT2D eigenvalue weighted by Gasteiger charge is -2.18. The quantitative estimate of drug-likeness (QED) is 0.270. The van der Waals surface area contributed by atoms with E-state index in [-0.39, 0.29) is 5.91 Å². The van der Waals surface area contributed by atoms with Crippen LogP contribution in [0.25, 0.3) is 33.3 Å². The molecule has 4 aromatic carbocycles. The summed E-state index contributed by atoms with van der Waals surface area (Å²) < 4.78 is 11.7. The molecule has 0 saturated heterocycles. The van der Waals surface area contributed by atoms with Gasteiger partial charge in [-0.15, -0.1) is 0 Å². The van der Waals surface area contributed by atoms with E-state index in [1.807, 2.05) is 87.5 Å². The van der Waals surface area contributed by atoms with Gasteiger partial charge in [0.05, 0.1) is 5.56 Å². The van der Waals surface area contributed by atoms with Crippen LogP contribution in [-0.2, 0) is 9.53 Å². The number of carbonyl (C=O) groups is 2. The molecule has 0 aliphatic heterocycles. The molecule has 1 amide bonds. The first-order valence-corrected chi connectivity index (χ1v) is 11.9. The van der Waals surface area contributed by atoms with Crippen LogP contribution in [0.2, 0.25) is 0 Å². The molecule has 1 atom stereocenters. The third kappa shape index (κ3) is 4.33. The number of hydrogen-bond acceptors (Lipinski definition) is 5. The van der Waals surface area contributed by atoms with Crippen LogP contribution in [0.3, 0.4) is 0 Å². The maximum atomic E-state index is 13.4. The van der Waals surface area contributed by atoms with E-state index >= 15 is 0 Å². The number of nitrogens with zero attached hydrogens (tertiary/aromatic N) is 1. The van der Waals surface area contributed by atoms with Crippen molar-refractivity contribution < 1.29 is 18.7 Å². The fourth-order valence-corrected chi connectivity index (χ4v) is 4.29. The van der Waals surface area contributed by atoms with Gasteiger partial charge in [0, 0.05) is 16.6 Å². The third-order valence-electron chi connectivity index (χ3n) is 6.42. The van der Waals surface area contributed by atoms with E-state index in [1.54, 1.807) is 12.1 Å². The predicted octanol–water partition coefficient (Wildman–Crippen LogP) is 6.84. The zero-order valence-corrected chi connectivity index (χ0v) is 20.4. The molecule has 1 unspecified atom stereocenters. The van der Waals surface area contributed by atoms with Crippen LogP contribution in [0.4, 0.5) is 5.69 Å². The molecule has 1 heterocycles. The highest BCUT2D eigenvalue weighted by molar-refractivity contribution is 6.11. The van der Waals surface area contributed by atoms with Gasteiger partial charge in [-0.3, -0.25) is 4.79 Å². The van der Waals surface area contributed by atoms with Crippen LogP contribution in [0.15, 0.2) is 83.3 Å². The van der Waals surface area contributed by atoms with Gasteiger partial charge in [-0.25, -0.2) is 9.78 Å². The van der Waals surface area contributed by atoms with Gasteiger partial charge in [0.25, 0.3) is 5.91 Å². The van der Waals surface area contributed by atoms with E-state index in [4.69, 9.17) is 9.15 Å². The third-order valence-corrected chi connectivity index (χ3v) is 6.42. The predicted molar refractivity (Wildman–Crippen MR) is 141 cm³/mol. The number of amides is 1. The topological polar surface area (TPSA) is 81.4 Å². The molecule has 6 heteroatoms. The summed E-state index contributed by atoms with van der Waals surface area (Å²) in [6.07, 6.45) is -0.602. The fourth-order valence-electron chi connectivity index (χ4n) is 4.29. The van der Waals surface area contributed by atoms with E-state index in [2.05, 4.69) is 10.3 Å². The first kappa shape index (κ1) is 23.3. The van der Waals surface area contributed by atoms with Crippen LogP contribution in [0.5, 0.6) is 0 Å². The standard InChI is InChI=1S/C30H26N2O4/c1-4-25(28(33)31-23-16-7-10-18(2)19(23)3)36-30(34)22-14-9-12-20-11-8-13-21(27(20)22)29-32-24-15-5-6-17-26(24)35-29/h5-17,25H,4H2,1-3H3,(H,31,33). The highest BCUT2D eigenvalue weighted by Crippen LogP contribution is 2.33. The highest BCUT2D eigenvalue weighted by atomic mass is 16.5. The average Bonchev–Trinajstić information content (AvgIpc) is 3.33. The van der Waals surface area contributed by atoms with Crippen molar-refractivity contribution in [3.63, 3.8) is 0 Å². The Morgan fingerprint density at radius 3 is 2.47 bits per heavy atom. The second kappa shape index (κ2) is 9.66. The lowest BCUT2D eigenvalue weighted by Crippen LogP contribution is -2.32. The van der Waals surface area contributed by atoms with Crippen molar-refractivity contribution in [3.05, 3.63) is 95.6 Å². The number of anilines is 1. The van der Waals surface area contributed by atoms with Crippen LogP contribution in [0, 0.1) is 13.8 Å². The van der Waals surface area contributed by atoms with Crippen LogP contribution >= 0.6 is 0 Å². The number of benzene rings is 4. The Balaban J connectivity index is 1.48. The molecule has 0 aliphatic rings. The van der Waals surface area contributed by atoms with Gasteiger partial charge in [-0.2, -0.15) is 0 Å². The number of carbonyl (C=O) groups excluding carboxylic acids is 2. The van der Waals surface area contributed by atoms with Crippen molar-refractivity contribution in [1.29, 1.82) is 0 Å². The van der Waals surface area contributed by atoms with Gasteiger partial charge in [0.2, 0.25) is 5.89 Å². The summed E-state index contributed by atoms with van der Waals surface area (Å²) in [5, 5.41) is 4.42. The number of hydrogen-bond donors (Lipinski definition) is 1. The number of ether oxygens (including phenoxy) is 1. The zero-order chi connectivity index (χ0) is 25.2. The Morgan fingerprint density at radius 1 is 0.944 bits per heavy atom. The summed E-state index contributed by atoms with van der Waals surface area (Å²) in [7, 11) is 0. The zero-order valence-electron chi connectivity index (χ0n) is 20.4. The minimum absolute atomic E-state index is 0.338. The monoisotopic (exact) mass is 478 g/mol. The molecule has 1 N–H and O–H groups in total. The maximum Gasteiger partial charge on any atom is 0.339 e. The molecule has 0 saturated carbocycles. The number of aromatic nitrogens is 1. The van der Waals surface area contributed by atoms with Gasteiger partial charge >= 0.3 is 5.97 Å². The van der Waals surface area contributed by atoms with Crippen LogP contribution < -0.4 is 5.32 Å². The second-order valence-corrected chi connectivity index (χ2v) is 8.73. The SMILES string of the molecule is CCC(OC(=O)c1cccc2cccc(-c3nc4ccccc4o3)c12)C(=O)Nc1cccc(C)c1C. The Bertz CT molecular complexity index is 1560. The molecule has 0 spiro atoms. The van der Waals surface area contributed by atoms with Crippen molar-refractivity contribution >= 4 is 39.4 Å². The number of para-hydroxylation sites is 2. The average molecular weight is 479 g/mol. The summed E-state index contributed by atoms with van der Waals surface area (Å²) in [4.78, 5) is 31.0. The molecular weight excluding hydrogens is 452 g/mol. The maximum absolute atomic E-state index is 13.4. The number of nitrogens with one attached hydrogen (secondary N) is 1. The largest absolute Gasteiger partial charge is 0.449 e. The first-order valence-electron chi connectivity index (χ1n) is 11.9. The van der Waals surface area contributed by atoms with E-state index in [0.717, 1.165) is 22.0 Å². The Labute approximate surface area is 208 Å². The molecule has 0 radical (unpaired) electrons. The minimum atomic E-state index is -0.941. The van der Waals surface area contributed by atoms with Gasteiger partial charge in [-0.05, 0) is 67.1 Å². The van der Waals surface area contributed by atoms with Crippen molar-refractivity contribution in [1.82, 2.24) is 4.98 Å². The second-order valence-electron chi connectivity index (χ2n) is 8.73. The summed E-state index contributed by atoms with van der Waals surface area (Å²) in [5.74, 6) is -0.521. The molecule has 6 nitrogen and oxygen atoms in total. The smallest absolute Gasteiger partial charge is 0.339 e. The van der Waals surface area contributed by atoms with E-state index in [9.17, 15) is 9.59 Å². The number of rotatable bonds is 6. The molecule has 36 heavy (non-hydrogen) atoms. The van der Waals surface area contributed by atoms with E-state index in [0.29, 0.717) is 40.1 Å². The number of esters is 1. The van der Waals surface area contributed by atoms with Crippen LogP contribution in [0.1, 0.15) is 34.8 Å². The van der Waals surface area contributed by atoms with E-state index < -0.39 is 12.1 Å². The Morgan fingerprint density at radius 2 is 1.69 bits per heavy atom.